The Hall–Kier alpha value is -2.18. The maximum Gasteiger partial charge on any atom is 0.222 e. The third kappa shape index (κ3) is 3.66. The number of nitrogen functional groups attached to an aromatic ring is 1. The molecule has 2 aromatic rings. The van der Waals surface area contributed by atoms with Gasteiger partial charge in [0.25, 0.3) is 0 Å². The van der Waals surface area contributed by atoms with Crippen LogP contribution in [-0.4, -0.2) is 54.3 Å². The molecule has 0 amide bonds. The van der Waals surface area contributed by atoms with Crippen LogP contribution in [-0.2, 0) is 4.74 Å². The van der Waals surface area contributed by atoms with Crippen LogP contribution < -0.4 is 10.6 Å². The van der Waals surface area contributed by atoms with Crippen LogP contribution in [0.4, 0.5) is 11.8 Å². The molecule has 1 aromatic heterocycles. The van der Waals surface area contributed by atoms with Crippen LogP contribution in [0, 0.1) is 0 Å². The van der Waals surface area contributed by atoms with E-state index in [1.54, 1.807) is 0 Å². The first-order valence-corrected chi connectivity index (χ1v) is 9.52. The van der Waals surface area contributed by atoms with Gasteiger partial charge in [-0.15, -0.1) is 0 Å². The molecule has 138 valence electrons. The van der Waals surface area contributed by atoms with Crippen molar-refractivity contribution in [3.8, 4) is 11.3 Å². The molecule has 26 heavy (non-hydrogen) atoms. The molecular formula is C20H27N5O. The largest absolute Gasteiger partial charge is 0.379 e. The SMILES string of the molecule is CC(c1ccc(-c2cc(N3CCCC3)nc(N)n2)cc1)N1CCOCC1. The van der Waals surface area contributed by atoms with Crippen molar-refractivity contribution in [3.05, 3.63) is 35.9 Å². The second-order valence-corrected chi connectivity index (χ2v) is 7.11. The Labute approximate surface area is 155 Å². The Morgan fingerprint density at radius 3 is 2.38 bits per heavy atom. The second-order valence-electron chi connectivity index (χ2n) is 7.11. The summed E-state index contributed by atoms with van der Waals surface area (Å²) >= 11 is 0. The highest BCUT2D eigenvalue weighted by atomic mass is 16.5. The molecule has 6 heteroatoms. The van der Waals surface area contributed by atoms with Crippen molar-refractivity contribution in [3.63, 3.8) is 0 Å². The Bertz CT molecular complexity index is 736. The Morgan fingerprint density at radius 2 is 1.69 bits per heavy atom. The van der Waals surface area contributed by atoms with E-state index in [-0.39, 0.29) is 0 Å². The molecule has 0 spiro atoms. The van der Waals surface area contributed by atoms with Crippen molar-refractivity contribution in [1.82, 2.24) is 14.9 Å². The van der Waals surface area contributed by atoms with Crippen molar-refractivity contribution in [1.29, 1.82) is 0 Å². The average Bonchev–Trinajstić information content (AvgIpc) is 3.23. The number of morpholine rings is 1. The summed E-state index contributed by atoms with van der Waals surface area (Å²) in [6, 6.07) is 11.1. The number of nitrogens with zero attached hydrogens (tertiary/aromatic N) is 4. The van der Waals surface area contributed by atoms with Gasteiger partial charge in [-0.05, 0) is 25.3 Å². The van der Waals surface area contributed by atoms with Crippen LogP contribution in [0.2, 0.25) is 0 Å². The van der Waals surface area contributed by atoms with E-state index >= 15 is 0 Å². The fourth-order valence-corrected chi connectivity index (χ4v) is 3.82. The molecule has 1 unspecified atom stereocenters. The van der Waals surface area contributed by atoms with Gasteiger partial charge in [0, 0.05) is 43.9 Å². The van der Waals surface area contributed by atoms with Crippen molar-refractivity contribution < 1.29 is 4.74 Å². The van der Waals surface area contributed by atoms with Crippen molar-refractivity contribution in [2.24, 2.45) is 0 Å². The lowest BCUT2D eigenvalue weighted by atomic mass is 10.0. The molecule has 1 atom stereocenters. The fraction of sp³-hybridized carbons (Fsp3) is 0.500. The molecule has 0 bridgehead atoms. The molecule has 2 N–H and O–H groups in total. The van der Waals surface area contributed by atoms with Crippen LogP contribution in [0.15, 0.2) is 30.3 Å². The first-order valence-electron chi connectivity index (χ1n) is 9.52. The van der Waals surface area contributed by atoms with Gasteiger partial charge in [0.1, 0.15) is 5.82 Å². The van der Waals surface area contributed by atoms with Crippen LogP contribution in [0.1, 0.15) is 31.4 Å². The summed E-state index contributed by atoms with van der Waals surface area (Å²) in [7, 11) is 0. The quantitative estimate of drug-likeness (QED) is 0.912. The van der Waals surface area contributed by atoms with Crippen molar-refractivity contribution in [2.45, 2.75) is 25.8 Å². The van der Waals surface area contributed by atoms with Gasteiger partial charge in [0.05, 0.1) is 18.9 Å². The van der Waals surface area contributed by atoms with Gasteiger partial charge in [0.15, 0.2) is 0 Å². The molecular weight excluding hydrogens is 326 g/mol. The molecule has 2 saturated heterocycles. The van der Waals surface area contributed by atoms with Crippen LogP contribution in [0.5, 0.6) is 0 Å². The zero-order valence-electron chi connectivity index (χ0n) is 15.4. The van der Waals surface area contributed by atoms with Gasteiger partial charge in [-0.3, -0.25) is 4.90 Å². The topological polar surface area (TPSA) is 67.5 Å². The normalized spacial score (nSPS) is 19.7. The van der Waals surface area contributed by atoms with Crippen molar-refractivity contribution >= 4 is 11.8 Å². The zero-order valence-corrected chi connectivity index (χ0v) is 15.4. The summed E-state index contributed by atoms with van der Waals surface area (Å²) in [5.74, 6) is 1.28. The minimum absolute atomic E-state index is 0.343. The van der Waals surface area contributed by atoms with Crippen LogP contribution in [0.3, 0.4) is 0 Å². The highest BCUT2D eigenvalue weighted by molar-refractivity contribution is 5.65. The van der Waals surface area contributed by atoms with Crippen molar-refractivity contribution in [2.75, 3.05) is 50.0 Å². The van der Waals surface area contributed by atoms with Gasteiger partial charge in [0.2, 0.25) is 5.95 Å². The summed E-state index contributed by atoms with van der Waals surface area (Å²) in [4.78, 5) is 13.6. The predicted molar refractivity (Wildman–Crippen MR) is 104 cm³/mol. The number of ether oxygens (including phenoxy) is 1. The molecule has 4 rings (SSSR count). The minimum Gasteiger partial charge on any atom is -0.379 e. The summed E-state index contributed by atoms with van der Waals surface area (Å²) in [5.41, 5.74) is 9.26. The van der Waals surface area contributed by atoms with E-state index in [1.807, 2.05) is 0 Å². The summed E-state index contributed by atoms with van der Waals surface area (Å²) in [6.07, 6.45) is 2.43. The number of nitrogens with two attached hydrogens (primary N) is 1. The van der Waals surface area contributed by atoms with E-state index in [0.717, 1.165) is 56.5 Å². The highest BCUT2D eigenvalue weighted by Crippen LogP contribution is 2.27. The van der Waals surface area contributed by atoms with E-state index in [2.05, 4.69) is 57.0 Å². The standard InChI is InChI=1S/C20H27N5O/c1-15(24-10-12-26-13-11-24)16-4-6-17(7-5-16)18-14-19(23-20(21)22-18)25-8-2-3-9-25/h4-7,14-15H,2-3,8-13H2,1H3,(H2,21,22,23). The summed E-state index contributed by atoms with van der Waals surface area (Å²) < 4.78 is 5.46. The summed E-state index contributed by atoms with van der Waals surface area (Å²) in [5, 5.41) is 0. The molecule has 2 aliphatic rings. The number of benzene rings is 1. The molecule has 0 saturated carbocycles. The minimum atomic E-state index is 0.343. The predicted octanol–water partition coefficient (Wildman–Crippen LogP) is 2.72. The molecule has 2 aliphatic heterocycles. The average molecular weight is 353 g/mol. The second kappa shape index (κ2) is 7.60. The Kier molecular flexibility index (Phi) is 5.04. The summed E-state index contributed by atoms with van der Waals surface area (Å²) in [6.45, 7) is 7.98. The molecule has 0 aliphatic carbocycles. The van der Waals surface area contributed by atoms with E-state index in [9.17, 15) is 0 Å². The zero-order chi connectivity index (χ0) is 17.9. The molecule has 6 nitrogen and oxygen atoms in total. The Balaban J connectivity index is 1.54. The molecule has 3 heterocycles. The van der Waals surface area contributed by atoms with Gasteiger partial charge in [-0.25, -0.2) is 4.98 Å². The van der Waals surface area contributed by atoms with Gasteiger partial charge >= 0.3 is 0 Å². The van der Waals surface area contributed by atoms with E-state index in [4.69, 9.17) is 10.5 Å². The van der Waals surface area contributed by atoms with Crippen LogP contribution in [0.25, 0.3) is 11.3 Å². The number of rotatable bonds is 4. The Morgan fingerprint density at radius 1 is 1.00 bits per heavy atom. The maximum atomic E-state index is 5.97. The number of anilines is 2. The maximum absolute atomic E-state index is 5.97. The third-order valence-corrected chi connectivity index (χ3v) is 5.44. The molecule has 1 aromatic carbocycles. The number of aromatic nitrogens is 2. The monoisotopic (exact) mass is 353 g/mol. The lowest BCUT2D eigenvalue weighted by Crippen LogP contribution is -2.37. The van der Waals surface area contributed by atoms with Crippen LogP contribution >= 0.6 is 0 Å². The highest BCUT2D eigenvalue weighted by Gasteiger charge is 2.19. The first kappa shape index (κ1) is 17.2. The first-order chi connectivity index (χ1) is 12.7. The number of hydrogen-bond donors (Lipinski definition) is 1. The number of hydrogen-bond acceptors (Lipinski definition) is 6. The molecule has 2 fully saturated rings. The van der Waals surface area contributed by atoms with Gasteiger partial charge in [-0.2, -0.15) is 4.98 Å². The van der Waals surface area contributed by atoms with E-state index < -0.39 is 0 Å². The van der Waals surface area contributed by atoms with Gasteiger partial charge < -0.3 is 15.4 Å². The molecule has 0 radical (unpaired) electrons. The third-order valence-electron chi connectivity index (χ3n) is 5.44. The van der Waals surface area contributed by atoms with E-state index in [1.165, 1.54) is 18.4 Å². The lowest BCUT2D eigenvalue weighted by molar-refractivity contribution is 0.0198. The lowest BCUT2D eigenvalue weighted by Gasteiger charge is -2.32. The van der Waals surface area contributed by atoms with Gasteiger partial charge in [-0.1, -0.05) is 24.3 Å². The smallest absolute Gasteiger partial charge is 0.222 e. The fourth-order valence-electron chi connectivity index (χ4n) is 3.82. The van der Waals surface area contributed by atoms with E-state index in [0.29, 0.717) is 12.0 Å².